The van der Waals surface area contributed by atoms with E-state index in [0.717, 1.165) is 10.0 Å². The van der Waals surface area contributed by atoms with E-state index < -0.39 is 0 Å². The highest BCUT2D eigenvalue weighted by Crippen LogP contribution is 2.23. The first-order valence-electron chi connectivity index (χ1n) is 5.54. The first-order valence-corrected chi connectivity index (χ1v) is 7.09. The van der Waals surface area contributed by atoms with Gasteiger partial charge in [-0.1, -0.05) is 57.3 Å². The number of carbonyl (C=O) groups excluding carboxylic acids is 1. The summed E-state index contributed by atoms with van der Waals surface area (Å²) in [5, 5.41) is 3.75. The molecule has 0 bridgehead atoms. The van der Waals surface area contributed by atoms with E-state index in [1.807, 2.05) is 24.3 Å². The van der Waals surface area contributed by atoms with E-state index in [1.54, 1.807) is 18.2 Å². The lowest BCUT2D eigenvalue weighted by Gasteiger charge is -2.07. The molecule has 0 aromatic heterocycles. The van der Waals surface area contributed by atoms with Gasteiger partial charge in [0.05, 0.1) is 6.42 Å². The summed E-state index contributed by atoms with van der Waals surface area (Å²) in [5.74, 6) is -0.120. The monoisotopic (exact) mass is 357 g/mol. The first kappa shape index (κ1) is 14.4. The molecule has 0 aliphatic heterocycles. The van der Waals surface area contributed by atoms with Crippen LogP contribution in [0.1, 0.15) is 5.56 Å². The quantitative estimate of drug-likeness (QED) is 0.827. The molecule has 0 heterocycles. The molecule has 0 aliphatic carbocycles. The van der Waals surface area contributed by atoms with Crippen molar-refractivity contribution in [3.63, 3.8) is 0 Å². The number of halogens is 3. The van der Waals surface area contributed by atoms with Crippen molar-refractivity contribution in [2.24, 2.45) is 0 Å². The van der Waals surface area contributed by atoms with Gasteiger partial charge in [-0.25, -0.2) is 0 Å². The topological polar surface area (TPSA) is 29.1 Å². The smallest absolute Gasteiger partial charge is 0.228 e. The molecule has 1 N–H and O–H groups in total. The van der Waals surface area contributed by atoms with Crippen molar-refractivity contribution in [1.82, 2.24) is 0 Å². The Labute approximate surface area is 129 Å². The van der Waals surface area contributed by atoms with Crippen molar-refractivity contribution in [2.75, 3.05) is 5.32 Å². The van der Waals surface area contributed by atoms with Crippen LogP contribution in [0, 0.1) is 0 Å². The molecule has 0 spiro atoms. The second kappa shape index (κ2) is 6.42. The van der Waals surface area contributed by atoms with Gasteiger partial charge in [-0.3, -0.25) is 4.79 Å². The summed E-state index contributed by atoms with van der Waals surface area (Å²) in [6, 6.07) is 12.5. The van der Waals surface area contributed by atoms with Crippen molar-refractivity contribution in [3.05, 3.63) is 62.5 Å². The largest absolute Gasteiger partial charge is 0.326 e. The maximum atomic E-state index is 11.9. The normalized spacial score (nSPS) is 10.3. The van der Waals surface area contributed by atoms with Crippen LogP contribution in [0.4, 0.5) is 5.69 Å². The van der Waals surface area contributed by atoms with Crippen LogP contribution in [0.25, 0.3) is 0 Å². The maximum absolute atomic E-state index is 11.9. The fourth-order valence-electron chi connectivity index (χ4n) is 1.65. The standard InChI is InChI=1S/C14H10BrCl2NO/c15-13-4-2-1-3-9(13)5-14(19)18-12-7-10(16)6-11(17)8-12/h1-4,6-8H,5H2,(H,18,19). The minimum atomic E-state index is -0.120. The van der Waals surface area contributed by atoms with Crippen molar-refractivity contribution in [3.8, 4) is 0 Å². The number of rotatable bonds is 3. The van der Waals surface area contributed by atoms with Crippen LogP contribution in [-0.4, -0.2) is 5.91 Å². The lowest BCUT2D eigenvalue weighted by atomic mass is 10.1. The molecule has 0 saturated carbocycles. The van der Waals surface area contributed by atoms with Crippen LogP contribution < -0.4 is 5.32 Å². The van der Waals surface area contributed by atoms with Crippen molar-refractivity contribution in [2.45, 2.75) is 6.42 Å². The van der Waals surface area contributed by atoms with Gasteiger partial charge >= 0.3 is 0 Å². The molecule has 0 atom stereocenters. The third kappa shape index (κ3) is 4.23. The summed E-state index contributed by atoms with van der Waals surface area (Å²) in [6.45, 7) is 0. The second-order valence-corrected chi connectivity index (χ2v) is 5.70. The highest BCUT2D eigenvalue weighted by Gasteiger charge is 2.07. The summed E-state index contributed by atoms with van der Waals surface area (Å²) < 4.78 is 0.911. The van der Waals surface area contributed by atoms with E-state index >= 15 is 0 Å². The van der Waals surface area contributed by atoms with Crippen LogP contribution in [-0.2, 0) is 11.2 Å². The fraction of sp³-hybridized carbons (Fsp3) is 0.0714. The first-order chi connectivity index (χ1) is 9.04. The summed E-state index contributed by atoms with van der Waals surface area (Å²) in [4.78, 5) is 11.9. The lowest BCUT2D eigenvalue weighted by Crippen LogP contribution is -2.14. The van der Waals surface area contributed by atoms with Gasteiger partial charge < -0.3 is 5.32 Å². The van der Waals surface area contributed by atoms with E-state index in [1.165, 1.54) is 0 Å². The number of hydrogen-bond acceptors (Lipinski definition) is 1. The van der Waals surface area contributed by atoms with Gasteiger partial charge in [0.25, 0.3) is 0 Å². The van der Waals surface area contributed by atoms with Crippen LogP contribution in [0.2, 0.25) is 10.0 Å². The number of amides is 1. The van der Waals surface area contributed by atoms with E-state index in [-0.39, 0.29) is 12.3 Å². The SMILES string of the molecule is O=C(Cc1ccccc1Br)Nc1cc(Cl)cc(Cl)c1. The molecule has 19 heavy (non-hydrogen) atoms. The number of anilines is 1. The Kier molecular flexibility index (Phi) is 4.86. The molecule has 98 valence electrons. The van der Waals surface area contributed by atoms with Gasteiger partial charge in [0.15, 0.2) is 0 Å². The van der Waals surface area contributed by atoms with Crippen LogP contribution in [0.3, 0.4) is 0 Å². The number of hydrogen-bond donors (Lipinski definition) is 1. The third-order valence-corrected chi connectivity index (χ3v) is 3.67. The molecule has 0 fully saturated rings. The molecule has 2 rings (SSSR count). The summed E-state index contributed by atoms with van der Waals surface area (Å²) in [6.07, 6.45) is 0.283. The summed E-state index contributed by atoms with van der Waals surface area (Å²) in [5.41, 5.74) is 1.52. The Bertz CT molecular complexity index is 596. The third-order valence-electron chi connectivity index (χ3n) is 2.46. The Balaban J connectivity index is 2.07. The van der Waals surface area contributed by atoms with Gasteiger partial charge in [0.2, 0.25) is 5.91 Å². The van der Waals surface area contributed by atoms with E-state index in [4.69, 9.17) is 23.2 Å². The van der Waals surface area contributed by atoms with Gasteiger partial charge in [-0.05, 0) is 29.8 Å². The molecule has 0 aliphatic rings. The van der Waals surface area contributed by atoms with E-state index in [2.05, 4.69) is 21.2 Å². The Morgan fingerprint density at radius 2 is 1.74 bits per heavy atom. The highest BCUT2D eigenvalue weighted by atomic mass is 79.9. The second-order valence-electron chi connectivity index (χ2n) is 3.97. The Hall–Kier alpha value is -1.03. The molecule has 0 saturated heterocycles. The Morgan fingerprint density at radius 3 is 2.37 bits per heavy atom. The van der Waals surface area contributed by atoms with Gasteiger partial charge in [-0.2, -0.15) is 0 Å². The molecular weight excluding hydrogens is 349 g/mol. The predicted octanol–water partition coefficient (Wildman–Crippen LogP) is 4.94. The number of carbonyl (C=O) groups is 1. The van der Waals surface area contributed by atoms with E-state index in [0.29, 0.717) is 15.7 Å². The summed E-state index contributed by atoms with van der Waals surface area (Å²) in [7, 11) is 0. The zero-order valence-electron chi connectivity index (χ0n) is 9.79. The molecule has 1 amide bonds. The maximum Gasteiger partial charge on any atom is 0.228 e. The molecule has 0 radical (unpaired) electrons. The van der Waals surface area contributed by atoms with Crippen LogP contribution in [0.5, 0.6) is 0 Å². The number of benzene rings is 2. The van der Waals surface area contributed by atoms with Crippen molar-refractivity contribution in [1.29, 1.82) is 0 Å². The zero-order valence-corrected chi connectivity index (χ0v) is 12.9. The predicted molar refractivity (Wildman–Crippen MR) is 82.9 cm³/mol. The fourth-order valence-corrected chi connectivity index (χ4v) is 2.60. The number of nitrogens with one attached hydrogen (secondary N) is 1. The van der Waals surface area contributed by atoms with E-state index in [9.17, 15) is 4.79 Å². The molecule has 2 aromatic carbocycles. The molecule has 0 unspecified atom stereocenters. The van der Waals surface area contributed by atoms with Gasteiger partial charge in [-0.15, -0.1) is 0 Å². The van der Waals surface area contributed by atoms with Crippen molar-refractivity contribution >= 4 is 50.7 Å². The lowest BCUT2D eigenvalue weighted by molar-refractivity contribution is -0.115. The van der Waals surface area contributed by atoms with Gasteiger partial charge in [0.1, 0.15) is 0 Å². The molecule has 2 aromatic rings. The minimum absolute atomic E-state index is 0.120. The molecule has 5 heteroatoms. The minimum Gasteiger partial charge on any atom is -0.326 e. The Morgan fingerprint density at radius 1 is 1.11 bits per heavy atom. The molecule has 2 nitrogen and oxygen atoms in total. The molecular formula is C14H10BrCl2NO. The van der Waals surface area contributed by atoms with Gasteiger partial charge in [0, 0.05) is 20.2 Å². The average Bonchev–Trinajstić information content (AvgIpc) is 2.30. The average molecular weight is 359 g/mol. The van der Waals surface area contributed by atoms with Crippen molar-refractivity contribution < 1.29 is 4.79 Å². The van der Waals surface area contributed by atoms with Crippen LogP contribution in [0.15, 0.2) is 46.9 Å². The van der Waals surface area contributed by atoms with Crippen LogP contribution >= 0.6 is 39.1 Å². The zero-order chi connectivity index (χ0) is 13.8. The summed E-state index contributed by atoms with van der Waals surface area (Å²) >= 11 is 15.2. The highest BCUT2D eigenvalue weighted by molar-refractivity contribution is 9.10.